The second-order valence-corrected chi connectivity index (χ2v) is 32.8. The third-order valence-corrected chi connectivity index (χ3v) is 21.2. The van der Waals surface area contributed by atoms with Gasteiger partial charge in [0.2, 0.25) is 0 Å². The number of unbranched alkanes of at least 4 members (excludes halogenated alkanes) is 49. The van der Waals surface area contributed by atoms with E-state index in [1.54, 1.807) is 0 Å². The van der Waals surface area contributed by atoms with E-state index in [-0.39, 0.29) is 25.7 Å². The molecule has 3 unspecified atom stereocenters. The summed E-state index contributed by atoms with van der Waals surface area (Å²) >= 11 is 0. The fraction of sp³-hybridized carbons (Fsp3) is 0.951. The molecule has 0 aliphatic heterocycles. The highest BCUT2D eigenvalue weighted by atomic mass is 31.2. The first-order valence-electron chi connectivity index (χ1n) is 42.0. The topological polar surface area (TPSA) is 237 Å². The maximum Gasteiger partial charge on any atom is 0.472 e. The van der Waals surface area contributed by atoms with Crippen molar-refractivity contribution in [1.82, 2.24) is 0 Å². The van der Waals surface area contributed by atoms with Crippen LogP contribution in [0.2, 0.25) is 0 Å². The number of phosphoric ester groups is 2. The molecule has 6 atom stereocenters. The number of carbonyl (C=O) groups is 4. The van der Waals surface area contributed by atoms with E-state index >= 15 is 0 Å². The monoisotopic (exact) mass is 1470 g/mol. The second-order valence-electron chi connectivity index (χ2n) is 29.9. The van der Waals surface area contributed by atoms with Gasteiger partial charge in [0.15, 0.2) is 12.2 Å². The van der Waals surface area contributed by atoms with Gasteiger partial charge < -0.3 is 33.8 Å². The molecule has 0 aromatic carbocycles. The Morgan fingerprint density at radius 1 is 0.290 bits per heavy atom. The third kappa shape index (κ3) is 73.0. The van der Waals surface area contributed by atoms with Crippen LogP contribution in [0.5, 0.6) is 0 Å². The Hall–Kier alpha value is -1.94. The SMILES string of the molecule is CCCCCCCCCCCCCCCCCCC(=O)O[C@H](COC(=O)CCCCCCC)COP(=O)(O)OC[C@H](O)COP(=O)(O)OC[C@@H](COC(=O)CCCCCCCCCCCCCCCCC(C)C)OC(=O)CCCCCCCCCCCCCCCCCCCCC(C)CC. The van der Waals surface area contributed by atoms with Crippen LogP contribution in [0.15, 0.2) is 0 Å². The molecule has 100 heavy (non-hydrogen) atoms. The Morgan fingerprint density at radius 3 is 0.760 bits per heavy atom. The van der Waals surface area contributed by atoms with Crippen molar-refractivity contribution in [1.29, 1.82) is 0 Å². The molecule has 0 radical (unpaired) electrons. The lowest BCUT2D eigenvalue weighted by atomic mass is 9.99. The van der Waals surface area contributed by atoms with Crippen molar-refractivity contribution >= 4 is 39.5 Å². The summed E-state index contributed by atoms with van der Waals surface area (Å²) in [6.45, 7) is 9.64. The van der Waals surface area contributed by atoms with Gasteiger partial charge in [-0.3, -0.25) is 37.3 Å². The molecule has 19 heteroatoms. The van der Waals surface area contributed by atoms with E-state index in [9.17, 15) is 43.2 Å². The molecule has 0 aliphatic rings. The number of ether oxygens (including phenoxy) is 4. The van der Waals surface area contributed by atoms with Crippen LogP contribution in [0.25, 0.3) is 0 Å². The molecule has 0 rings (SSSR count). The number of aliphatic hydroxyl groups is 1. The van der Waals surface area contributed by atoms with Crippen molar-refractivity contribution in [3.05, 3.63) is 0 Å². The molecule has 3 N–H and O–H groups in total. The van der Waals surface area contributed by atoms with E-state index in [1.165, 1.54) is 238 Å². The highest BCUT2D eigenvalue weighted by Crippen LogP contribution is 2.45. The van der Waals surface area contributed by atoms with E-state index in [2.05, 4.69) is 41.5 Å². The van der Waals surface area contributed by atoms with Gasteiger partial charge in [0.25, 0.3) is 0 Å². The van der Waals surface area contributed by atoms with Crippen LogP contribution in [-0.4, -0.2) is 96.7 Å². The Labute approximate surface area is 613 Å². The fourth-order valence-corrected chi connectivity index (χ4v) is 14.1. The number of aliphatic hydroxyl groups excluding tert-OH is 1. The van der Waals surface area contributed by atoms with Crippen LogP contribution >= 0.6 is 15.6 Å². The van der Waals surface area contributed by atoms with Gasteiger partial charge in [-0.2, -0.15) is 0 Å². The fourth-order valence-electron chi connectivity index (χ4n) is 12.5. The summed E-state index contributed by atoms with van der Waals surface area (Å²) in [6, 6.07) is 0. The van der Waals surface area contributed by atoms with Crippen LogP contribution in [0.4, 0.5) is 0 Å². The number of esters is 4. The van der Waals surface area contributed by atoms with E-state index in [1.807, 2.05) is 0 Å². The summed E-state index contributed by atoms with van der Waals surface area (Å²) in [5.74, 6) is -0.450. The molecule has 0 aliphatic carbocycles. The van der Waals surface area contributed by atoms with Gasteiger partial charge in [-0.05, 0) is 37.5 Å². The molecule has 0 bridgehead atoms. The van der Waals surface area contributed by atoms with Gasteiger partial charge in [-0.25, -0.2) is 9.13 Å². The first kappa shape index (κ1) is 98.1. The van der Waals surface area contributed by atoms with E-state index in [0.717, 1.165) is 108 Å². The van der Waals surface area contributed by atoms with Crippen LogP contribution in [-0.2, 0) is 65.4 Å². The van der Waals surface area contributed by atoms with E-state index in [4.69, 9.17) is 37.0 Å². The summed E-state index contributed by atoms with van der Waals surface area (Å²) in [5.41, 5.74) is 0. The predicted molar refractivity (Wildman–Crippen MR) is 409 cm³/mol. The molecular formula is C81H158O17P2. The van der Waals surface area contributed by atoms with Crippen molar-refractivity contribution in [2.75, 3.05) is 39.6 Å². The maximum atomic E-state index is 13.1. The van der Waals surface area contributed by atoms with Crippen molar-refractivity contribution in [3.8, 4) is 0 Å². The minimum absolute atomic E-state index is 0.108. The molecule has 0 saturated heterocycles. The zero-order valence-corrected chi connectivity index (χ0v) is 67.3. The lowest BCUT2D eigenvalue weighted by molar-refractivity contribution is -0.161. The number of carbonyl (C=O) groups excluding carboxylic acids is 4. The summed E-state index contributed by atoms with van der Waals surface area (Å²) in [7, 11) is -9.91. The van der Waals surface area contributed by atoms with Gasteiger partial charge in [-0.15, -0.1) is 0 Å². The summed E-state index contributed by atoms with van der Waals surface area (Å²) < 4.78 is 68.5. The van der Waals surface area contributed by atoms with Crippen molar-refractivity contribution in [3.63, 3.8) is 0 Å². The minimum atomic E-state index is -4.96. The van der Waals surface area contributed by atoms with Gasteiger partial charge >= 0.3 is 39.5 Å². The van der Waals surface area contributed by atoms with E-state index in [0.29, 0.717) is 25.7 Å². The molecule has 594 valence electrons. The average Bonchev–Trinajstić information content (AvgIpc) is 0.922. The largest absolute Gasteiger partial charge is 0.472 e. The van der Waals surface area contributed by atoms with E-state index < -0.39 is 97.5 Å². The Kier molecular flexibility index (Phi) is 71.2. The smallest absolute Gasteiger partial charge is 0.462 e. The summed E-state index contributed by atoms with van der Waals surface area (Å²) in [4.78, 5) is 72.7. The highest BCUT2D eigenvalue weighted by Gasteiger charge is 2.30. The van der Waals surface area contributed by atoms with Gasteiger partial charge in [0.05, 0.1) is 26.4 Å². The Morgan fingerprint density at radius 2 is 0.510 bits per heavy atom. The maximum absolute atomic E-state index is 13.1. The first-order chi connectivity index (χ1) is 48.4. The van der Waals surface area contributed by atoms with Crippen LogP contribution < -0.4 is 0 Å². The molecule has 0 saturated carbocycles. The quantitative estimate of drug-likeness (QED) is 0.0222. The van der Waals surface area contributed by atoms with Crippen molar-refractivity contribution in [2.24, 2.45) is 11.8 Å². The molecular weight excluding hydrogens is 1310 g/mol. The molecule has 0 heterocycles. The number of rotatable bonds is 80. The second kappa shape index (κ2) is 72.6. The third-order valence-electron chi connectivity index (χ3n) is 19.3. The zero-order chi connectivity index (χ0) is 73.5. The number of phosphoric acid groups is 2. The summed E-state index contributed by atoms with van der Waals surface area (Å²) in [6.07, 6.45) is 62.9. The van der Waals surface area contributed by atoms with Crippen LogP contribution in [0.1, 0.15) is 427 Å². The van der Waals surface area contributed by atoms with Crippen molar-refractivity contribution < 1.29 is 80.2 Å². The lowest BCUT2D eigenvalue weighted by Gasteiger charge is -2.21. The minimum Gasteiger partial charge on any atom is -0.462 e. The Bertz CT molecular complexity index is 1930. The van der Waals surface area contributed by atoms with Crippen LogP contribution in [0, 0.1) is 11.8 Å². The first-order valence-corrected chi connectivity index (χ1v) is 45.0. The molecule has 0 aromatic rings. The molecule has 17 nitrogen and oxygen atoms in total. The molecule has 0 spiro atoms. The highest BCUT2D eigenvalue weighted by molar-refractivity contribution is 7.47. The summed E-state index contributed by atoms with van der Waals surface area (Å²) in [5, 5.41) is 10.6. The van der Waals surface area contributed by atoms with Crippen molar-refractivity contribution in [2.45, 2.75) is 445 Å². The molecule has 0 amide bonds. The zero-order valence-electron chi connectivity index (χ0n) is 65.5. The van der Waals surface area contributed by atoms with Gasteiger partial charge in [-0.1, -0.05) is 375 Å². The normalized spacial score (nSPS) is 14.2. The van der Waals surface area contributed by atoms with Gasteiger partial charge in [0.1, 0.15) is 19.3 Å². The Balaban J connectivity index is 5.11. The molecule has 0 aromatic heterocycles. The number of hydrogen-bond acceptors (Lipinski definition) is 15. The number of hydrogen-bond donors (Lipinski definition) is 3. The standard InChI is InChI=1S/C81H158O17P2/c1-7-10-12-14-15-16-17-18-19-25-32-37-42-47-53-59-65-80(85)97-76(69-91-78(83)63-57-49-13-11-8-2)71-95-99(87,88)93-67-75(82)68-94-100(89,90)96-72-77(70-92-79(84)64-58-52-46-41-36-31-28-27-29-34-39-44-50-55-61-73(4)5)98-81(86)66-60-54-48-43-38-33-26-23-21-20-22-24-30-35-40-45-51-56-62-74(6)9-3/h73-77,82H,7-72H2,1-6H3,(H,87,88)(H,89,90)/t74?,75-,76+,77+/m0/s1. The molecule has 0 fully saturated rings. The lowest BCUT2D eigenvalue weighted by Crippen LogP contribution is -2.30. The average molecular weight is 1470 g/mol. The predicted octanol–water partition coefficient (Wildman–Crippen LogP) is 24.3. The van der Waals surface area contributed by atoms with Gasteiger partial charge in [0, 0.05) is 25.7 Å². The van der Waals surface area contributed by atoms with Crippen LogP contribution in [0.3, 0.4) is 0 Å².